The van der Waals surface area contributed by atoms with E-state index in [4.69, 9.17) is 14.2 Å². The van der Waals surface area contributed by atoms with Crippen LogP contribution in [0.1, 0.15) is 88.1 Å². The summed E-state index contributed by atoms with van der Waals surface area (Å²) in [6.45, 7) is 21.7. The minimum Gasteiger partial charge on any atom is -0.464 e. The number of para-hydroxylation sites is 1. The van der Waals surface area contributed by atoms with E-state index in [1.54, 1.807) is 54.2 Å². The smallest absolute Gasteiger partial charge is 0.311 e. The lowest BCUT2D eigenvalue weighted by molar-refractivity contribution is -0.152. The number of fused-ring (bicyclic) bond motifs is 5. The van der Waals surface area contributed by atoms with Crippen LogP contribution >= 0.6 is 21.6 Å². The molecule has 0 fully saturated rings. The Hall–Kier alpha value is -3.72. The van der Waals surface area contributed by atoms with Gasteiger partial charge in [-0.05, 0) is 87.8 Å². The van der Waals surface area contributed by atoms with Crippen LogP contribution in [0.4, 0.5) is 5.69 Å². The molecule has 4 rings (SSSR count). The van der Waals surface area contributed by atoms with Crippen molar-refractivity contribution in [3.05, 3.63) is 54.1 Å². The van der Waals surface area contributed by atoms with Gasteiger partial charge in [0.2, 0.25) is 5.91 Å². The quantitative estimate of drug-likeness (QED) is 0.0640. The normalized spacial score (nSPS) is 13.5. The van der Waals surface area contributed by atoms with Crippen molar-refractivity contribution in [3.63, 3.8) is 0 Å². The molecular weight excluding hydrogens is 739 g/mol. The van der Waals surface area contributed by atoms with E-state index in [-0.39, 0.29) is 48.6 Å². The molecule has 300 valence electrons. The van der Waals surface area contributed by atoms with Gasteiger partial charge in [0, 0.05) is 34.6 Å². The van der Waals surface area contributed by atoms with Crippen LogP contribution in [-0.4, -0.2) is 87.1 Å². The summed E-state index contributed by atoms with van der Waals surface area (Å²) in [5, 5.41) is 12.2. The highest BCUT2D eigenvalue weighted by Gasteiger charge is 2.36. The second-order valence-corrected chi connectivity index (χ2v) is 20.2. The molecule has 0 radical (unpaired) electrons. The summed E-state index contributed by atoms with van der Waals surface area (Å²) in [4.78, 5) is 52.7. The second-order valence-electron chi connectivity index (χ2n) is 17.0. The standard InChI is InChI=1S/C41H57N5O7S2/c1-37(2,3)36(50)51-22-23-54-55-40(8,9)27-53-41(10,11)35(49)42-21-20-32(48)45-24-28-16-12-13-17-29(28)34-33(30-18-14-15-19-31(30)45)43-44-46(34)38(4,5)26-52-39(6,7)25-47/h12-19,25H,20-24,26-27H2,1-11H3,(H,42,49). The molecule has 2 heterocycles. The first-order valence-corrected chi connectivity index (χ1v) is 20.9. The molecular formula is C41H57N5O7S2. The van der Waals surface area contributed by atoms with Crippen molar-refractivity contribution in [1.82, 2.24) is 20.3 Å². The molecule has 3 aromatic rings. The van der Waals surface area contributed by atoms with Crippen LogP contribution in [-0.2, 0) is 45.5 Å². The van der Waals surface area contributed by atoms with Crippen LogP contribution in [0, 0.1) is 5.41 Å². The second kappa shape index (κ2) is 17.6. The van der Waals surface area contributed by atoms with E-state index in [2.05, 4.69) is 15.6 Å². The summed E-state index contributed by atoms with van der Waals surface area (Å²) in [5.41, 5.74) is 1.34. The molecule has 2 aromatic carbocycles. The van der Waals surface area contributed by atoms with E-state index >= 15 is 0 Å². The lowest BCUT2D eigenvalue weighted by Crippen LogP contribution is -2.47. The molecule has 1 aromatic heterocycles. The maximum atomic E-state index is 14.1. The minimum atomic E-state index is -1.14. The molecule has 0 bridgehead atoms. The van der Waals surface area contributed by atoms with Crippen LogP contribution in [0.15, 0.2) is 48.5 Å². The van der Waals surface area contributed by atoms with Gasteiger partial charge in [-0.25, -0.2) is 4.68 Å². The van der Waals surface area contributed by atoms with E-state index in [9.17, 15) is 19.2 Å². The van der Waals surface area contributed by atoms with Crippen molar-refractivity contribution in [2.75, 3.05) is 37.0 Å². The number of esters is 1. The number of aromatic nitrogens is 3. The van der Waals surface area contributed by atoms with Crippen LogP contribution in [0.25, 0.3) is 22.5 Å². The number of rotatable bonds is 17. The zero-order valence-corrected chi connectivity index (χ0v) is 35.7. The molecule has 12 nitrogen and oxygen atoms in total. The van der Waals surface area contributed by atoms with Gasteiger partial charge < -0.3 is 29.2 Å². The van der Waals surface area contributed by atoms with Crippen molar-refractivity contribution < 1.29 is 33.4 Å². The topological polar surface area (TPSA) is 142 Å². The Balaban J connectivity index is 1.43. The van der Waals surface area contributed by atoms with E-state index in [0.29, 0.717) is 30.3 Å². The third-order valence-electron chi connectivity index (χ3n) is 8.93. The van der Waals surface area contributed by atoms with Crippen LogP contribution in [0.3, 0.4) is 0 Å². The number of nitrogens with zero attached hydrogens (tertiary/aromatic N) is 4. The Bertz CT molecular complexity index is 1850. The largest absolute Gasteiger partial charge is 0.464 e. The first-order chi connectivity index (χ1) is 25.6. The molecule has 1 N–H and O–H groups in total. The van der Waals surface area contributed by atoms with Gasteiger partial charge in [0.15, 0.2) is 6.29 Å². The van der Waals surface area contributed by atoms with E-state index in [1.807, 2.05) is 102 Å². The Morgan fingerprint density at radius 3 is 2.20 bits per heavy atom. The number of carbonyl (C=O) groups is 4. The molecule has 14 heteroatoms. The van der Waals surface area contributed by atoms with Gasteiger partial charge in [0.1, 0.15) is 23.5 Å². The fraction of sp³-hybridized carbons (Fsp3) is 0.561. The van der Waals surface area contributed by atoms with Gasteiger partial charge in [0.25, 0.3) is 5.91 Å². The van der Waals surface area contributed by atoms with Gasteiger partial charge in [-0.3, -0.25) is 14.4 Å². The minimum absolute atomic E-state index is 0.0620. The Morgan fingerprint density at radius 2 is 1.53 bits per heavy atom. The lowest BCUT2D eigenvalue weighted by atomic mass is 9.94. The molecule has 0 aliphatic carbocycles. The van der Waals surface area contributed by atoms with Crippen molar-refractivity contribution in [2.45, 2.75) is 111 Å². The van der Waals surface area contributed by atoms with Gasteiger partial charge >= 0.3 is 5.97 Å². The summed E-state index contributed by atoms with van der Waals surface area (Å²) < 4.78 is 19.0. The highest BCUT2D eigenvalue weighted by atomic mass is 33.1. The van der Waals surface area contributed by atoms with Crippen molar-refractivity contribution in [2.24, 2.45) is 5.41 Å². The van der Waals surface area contributed by atoms with Gasteiger partial charge in [-0.1, -0.05) is 69.3 Å². The summed E-state index contributed by atoms with van der Waals surface area (Å²) in [6, 6.07) is 15.5. The van der Waals surface area contributed by atoms with Crippen LogP contribution < -0.4 is 10.2 Å². The van der Waals surface area contributed by atoms with Crippen molar-refractivity contribution >= 4 is 51.3 Å². The van der Waals surface area contributed by atoms with Crippen LogP contribution in [0.5, 0.6) is 0 Å². The Kier molecular flexibility index (Phi) is 14.1. The molecule has 1 aliphatic heterocycles. The summed E-state index contributed by atoms with van der Waals surface area (Å²) in [7, 11) is 3.20. The molecule has 1 aliphatic rings. The number of nitrogens with one attached hydrogen (secondary N) is 1. The number of hydrogen-bond donors (Lipinski definition) is 1. The number of carbonyl (C=O) groups excluding carboxylic acids is 4. The third-order valence-corrected chi connectivity index (χ3v) is 12.2. The van der Waals surface area contributed by atoms with E-state index in [0.717, 1.165) is 28.7 Å². The molecule has 55 heavy (non-hydrogen) atoms. The zero-order valence-electron chi connectivity index (χ0n) is 34.1. The fourth-order valence-electron chi connectivity index (χ4n) is 5.52. The third kappa shape index (κ3) is 11.4. The molecule has 2 amide bonds. The maximum Gasteiger partial charge on any atom is 0.311 e. The van der Waals surface area contributed by atoms with Gasteiger partial charge in [0.05, 0.1) is 42.1 Å². The Morgan fingerprint density at radius 1 is 0.873 bits per heavy atom. The molecule has 0 saturated heterocycles. The Labute approximate surface area is 333 Å². The van der Waals surface area contributed by atoms with E-state index < -0.39 is 22.2 Å². The first-order valence-electron chi connectivity index (χ1n) is 18.5. The lowest BCUT2D eigenvalue weighted by Gasteiger charge is -2.32. The molecule has 0 atom stereocenters. The number of aldehydes is 1. The average Bonchev–Trinajstić information content (AvgIpc) is 3.57. The number of anilines is 1. The zero-order chi connectivity index (χ0) is 40.8. The number of hydrogen-bond acceptors (Lipinski definition) is 11. The summed E-state index contributed by atoms with van der Waals surface area (Å²) in [5.74, 6) is -0.0655. The van der Waals surface area contributed by atoms with Crippen molar-refractivity contribution in [1.29, 1.82) is 0 Å². The number of ether oxygens (including phenoxy) is 3. The van der Waals surface area contributed by atoms with Crippen molar-refractivity contribution in [3.8, 4) is 22.5 Å². The SMILES string of the molecule is CC(C)(C=O)OCC(C)(C)n1nnc2c1-c1ccccc1CN(C(=O)CCNC(=O)C(C)(C)OCC(C)(C)SSCCOC(=O)C(C)(C)C)c1ccccc1-2. The first kappa shape index (κ1) is 44.0. The number of amides is 2. The van der Waals surface area contributed by atoms with Crippen LogP contribution in [0.2, 0.25) is 0 Å². The van der Waals surface area contributed by atoms with Gasteiger partial charge in [-0.15, -0.1) is 5.10 Å². The fourth-order valence-corrected chi connectivity index (χ4v) is 7.74. The highest BCUT2D eigenvalue weighted by Crippen LogP contribution is 2.43. The molecule has 0 spiro atoms. The predicted molar refractivity (Wildman–Crippen MR) is 220 cm³/mol. The summed E-state index contributed by atoms with van der Waals surface area (Å²) >= 11 is 0. The summed E-state index contributed by atoms with van der Waals surface area (Å²) in [6.07, 6.45) is 0.848. The molecule has 0 saturated carbocycles. The maximum absolute atomic E-state index is 14.1. The average molecular weight is 796 g/mol. The monoisotopic (exact) mass is 795 g/mol. The predicted octanol–water partition coefficient (Wildman–Crippen LogP) is 7.24. The highest BCUT2D eigenvalue weighted by molar-refractivity contribution is 8.77. The molecule has 0 unspecified atom stereocenters. The van der Waals surface area contributed by atoms with E-state index in [1.165, 1.54) is 0 Å². The van der Waals surface area contributed by atoms with Gasteiger partial charge in [-0.2, -0.15) is 0 Å². The number of benzene rings is 2.